The fourth-order valence-electron chi connectivity index (χ4n) is 3.55. The molecule has 0 fully saturated rings. The van der Waals surface area contributed by atoms with E-state index in [-0.39, 0.29) is 19.0 Å². The third-order valence-corrected chi connectivity index (χ3v) is 8.15. The van der Waals surface area contributed by atoms with E-state index in [2.05, 4.69) is 52.8 Å². The first-order valence-corrected chi connectivity index (χ1v) is 15.5. The van der Waals surface area contributed by atoms with E-state index < -0.39 is 18.6 Å². The number of hydrogen-bond acceptors (Lipinski definition) is 6. The zero-order chi connectivity index (χ0) is 29.3. The van der Waals surface area contributed by atoms with Crippen LogP contribution in [-0.2, 0) is 20.2 Å². The zero-order valence-electron chi connectivity index (χ0n) is 24.4. The molecular weight excluding hydrogens is 539 g/mol. The van der Waals surface area contributed by atoms with Gasteiger partial charge in [0.2, 0.25) is 0 Å². The summed E-state index contributed by atoms with van der Waals surface area (Å²) in [6.07, 6.45) is 14.9. The van der Waals surface area contributed by atoms with Crippen molar-refractivity contribution in [1.29, 1.82) is 0 Å². The van der Waals surface area contributed by atoms with Gasteiger partial charge in [-0.3, -0.25) is 19.2 Å². The van der Waals surface area contributed by atoms with Crippen molar-refractivity contribution in [2.24, 2.45) is 0 Å². The van der Waals surface area contributed by atoms with Gasteiger partial charge < -0.3 is 4.42 Å². The molecule has 1 aromatic rings. The molecule has 0 aliphatic carbocycles. The Labute approximate surface area is 239 Å². The van der Waals surface area contributed by atoms with Crippen LogP contribution < -0.4 is 0 Å². The lowest BCUT2D eigenvalue weighted by Crippen LogP contribution is -2.20. The summed E-state index contributed by atoms with van der Waals surface area (Å²) >= 11 is 5.80. The highest BCUT2D eigenvalue weighted by molar-refractivity contribution is 7.51. The molecule has 8 nitrogen and oxygen atoms in total. The molecule has 0 radical (unpaired) electrons. The minimum absolute atomic E-state index is 0.116. The van der Waals surface area contributed by atoms with E-state index in [1.807, 2.05) is 6.08 Å². The Morgan fingerprint density at radius 1 is 1.03 bits per heavy atom. The van der Waals surface area contributed by atoms with Crippen molar-refractivity contribution in [3.8, 4) is 0 Å². The molecule has 10 heteroatoms. The Morgan fingerprint density at radius 2 is 1.72 bits per heavy atom. The largest absolute Gasteiger partial charge is 0.433 e. The lowest BCUT2D eigenvalue weighted by atomic mass is 10.0. The maximum Gasteiger partial charge on any atom is 0.433 e. The molecule has 0 N–H and O–H groups in total. The van der Waals surface area contributed by atoms with Crippen LogP contribution in [0.5, 0.6) is 0 Å². The van der Waals surface area contributed by atoms with Gasteiger partial charge in [-0.1, -0.05) is 46.6 Å². The van der Waals surface area contributed by atoms with Crippen LogP contribution in [0.2, 0.25) is 0 Å². The van der Waals surface area contributed by atoms with Crippen molar-refractivity contribution in [2.75, 3.05) is 26.1 Å². The van der Waals surface area contributed by atoms with E-state index in [1.54, 1.807) is 11.7 Å². The molecule has 0 saturated carbocycles. The van der Waals surface area contributed by atoms with Crippen molar-refractivity contribution in [2.45, 2.75) is 86.2 Å². The second kappa shape index (κ2) is 19.2. The first kappa shape index (κ1) is 35.1. The van der Waals surface area contributed by atoms with Crippen LogP contribution >= 0.6 is 19.3 Å². The number of hydrogen-bond donors (Lipinski definition) is 0. The summed E-state index contributed by atoms with van der Waals surface area (Å²) in [5, 5.41) is 10.9. The average molecular weight is 585 g/mol. The Hall–Kier alpha value is -1.96. The van der Waals surface area contributed by atoms with Gasteiger partial charge in [-0.15, -0.1) is 11.6 Å². The Kier molecular flexibility index (Phi) is 17.2. The summed E-state index contributed by atoms with van der Waals surface area (Å²) < 4.78 is 32.0. The average Bonchev–Trinajstić information content (AvgIpc) is 3.35. The van der Waals surface area contributed by atoms with Gasteiger partial charge in [-0.25, -0.2) is 9.24 Å². The van der Waals surface area contributed by atoms with Crippen molar-refractivity contribution in [3.05, 3.63) is 74.6 Å². The van der Waals surface area contributed by atoms with Crippen LogP contribution in [0.4, 0.5) is 5.88 Å². The van der Waals surface area contributed by atoms with Gasteiger partial charge in [-0.05, 0) is 92.7 Å². The lowest BCUT2D eigenvalue weighted by molar-refractivity contribution is -0.402. The standard InChI is InChI=1S/C29H46ClN2O6P/c1-24(2)11-9-12-26(5)13-10-14-27(16-15-25(3)4)19-22-36-39(35,31(6)21-8-7-20-30)37-23-28-17-18-29(38-28)32(33)34/h11,13,15,17-19H,7-10,12,14,16,20-23H2,1-6H3/b26-13+,27-19-. The third kappa shape index (κ3) is 15.4. The minimum atomic E-state index is -3.70. The SMILES string of the molecule is CC(C)=CCC/C(C)=C/CC/C(=C/COP(=O)(OCc1ccc([N+](=O)[O-])o1)N(C)CCCCCl)CC=C(C)C. The zero-order valence-corrected chi connectivity index (χ0v) is 26.1. The highest BCUT2D eigenvalue weighted by Gasteiger charge is 2.31. The fraction of sp³-hybridized carbons (Fsp3) is 0.586. The van der Waals surface area contributed by atoms with Gasteiger partial charge in [0.15, 0.2) is 0 Å². The normalized spacial score (nSPS) is 13.8. The Morgan fingerprint density at radius 3 is 2.33 bits per heavy atom. The summed E-state index contributed by atoms with van der Waals surface area (Å²) in [5.41, 5.74) is 5.14. The highest BCUT2D eigenvalue weighted by atomic mass is 35.5. The summed E-state index contributed by atoms with van der Waals surface area (Å²) in [5.74, 6) is 0.314. The minimum Gasteiger partial charge on any atom is -0.403 e. The second-order valence-corrected chi connectivity index (χ2v) is 12.6. The number of allylic oxidation sites excluding steroid dienone is 7. The molecule has 0 aliphatic rings. The quantitative estimate of drug-likeness (QED) is 0.0376. The van der Waals surface area contributed by atoms with Crippen LogP contribution in [0, 0.1) is 10.1 Å². The van der Waals surface area contributed by atoms with Crippen LogP contribution in [0.25, 0.3) is 0 Å². The van der Waals surface area contributed by atoms with Crippen molar-refractivity contribution < 1.29 is 23.0 Å². The summed E-state index contributed by atoms with van der Waals surface area (Å²) in [6.45, 7) is 10.9. The third-order valence-electron chi connectivity index (χ3n) is 5.91. The van der Waals surface area contributed by atoms with Gasteiger partial charge in [0.25, 0.3) is 0 Å². The molecule has 0 spiro atoms. The fourth-order valence-corrected chi connectivity index (χ4v) is 5.14. The Balaban J connectivity index is 2.91. The predicted octanol–water partition coefficient (Wildman–Crippen LogP) is 9.54. The lowest BCUT2D eigenvalue weighted by Gasteiger charge is -2.26. The molecule has 39 heavy (non-hydrogen) atoms. The maximum atomic E-state index is 13.7. The van der Waals surface area contributed by atoms with Crippen LogP contribution in [0.1, 0.15) is 85.3 Å². The molecule has 0 saturated heterocycles. The number of nitro groups is 1. The smallest absolute Gasteiger partial charge is 0.403 e. The van der Waals surface area contributed by atoms with Crippen LogP contribution in [0.15, 0.2) is 63.1 Å². The van der Waals surface area contributed by atoms with E-state index in [0.29, 0.717) is 12.4 Å². The number of alkyl halides is 1. The van der Waals surface area contributed by atoms with Crippen LogP contribution in [0.3, 0.4) is 0 Å². The summed E-state index contributed by atoms with van der Waals surface area (Å²) in [6, 6.07) is 2.67. The summed E-state index contributed by atoms with van der Waals surface area (Å²) in [4.78, 5) is 10.3. The van der Waals surface area contributed by atoms with E-state index in [9.17, 15) is 14.7 Å². The molecule has 1 atom stereocenters. The van der Waals surface area contributed by atoms with Gasteiger partial charge in [0.1, 0.15) is 17.3 Å². The van der Waals surface area contributed by atoms with E-state index >= 15 is 0 Å². The molecule has 1 aromatic heterocycles. The first-order valence-electron chi connectivity index (χ1n) is 13.5. The number of nitrogens with zero attached hydrogens (tertiary/aromatic N) is 2. The molecule has 1 heterocycles. The second-order valence-electron chi connectivity index (χ2n) is 10.1. The number of rotatable bonds is 20. The highest BCUT2D eigenvalue weighted by Crippen LogP contribution is 2.52. The molecule has 0 aromatic carbocycles. The van der Waals surface area contributed by atoms with Crippen LogP contribution in [-0.4, -0.2) is 35.7 Å². The number of unbranched alkanes of at least 4 members (excludes halogenated alkanes) is 1. The van der Waals surface area contributed by atoms with Gasteiger partial charge in [-0.2, -0.15) is 0 Å². The molecule has 1 unspecified atom stereocenters. The number of halogens is 1. The molecule has 0 aliphatic heterocycles. The molecule has 0 amide bonds. The first-order chi connectivity index (χ1) is 18.5. The topological polar surface area (TPSA) is 95.0 Å². The van der Waals surface area contributed by atoms with Gasteiger partial charge >= 0.3 is 13.6 Å². The van der Waals surface area contributed by atoms with E-state index in [1.165, 1.54) is 34.4 Å². The van der Waals surface area contributed by atoms with Crippen molar-refractivity contribution in [1.82, 2.24) is 4.67 Å². The maximum absolute atomic E-state index is 13.7. The van der Waals surface area contributed by atoms with E-state index in [0.717, 1.165) is 44.9 Å². The molecule has 220 valence electrons. The molecule has 1 rings (SSSR count). The Bertz CT molecular complexity index is 1050. The van der Waals surface area contributed by atoms with Gasteiger partial charge in [0, 0.05) is 12.4 Å². The van der Waals surface area contributed by atoms with Gasteiger partial charge in [0.05, 0.1) is 12.7 Å². The monoisotopic (exact) mass is 584 g/mol. The van der Waals surface area contributed by atoms with Crippen molar-refractivity contribution >= 4 is 25.2 Å². The van der Waals surface area contributed by atoms with E-state index in [4.69, 9.17) is 25.1 Å². The number of furan rings is 1. The summed E-state index contributed by atoms with van der Waals surface area (Å²) in [7, 11) is -2.03. The predicted molar refractivity (Wildman–Crippen MR) is 160 cm³/mol. The molecule has 0 bridgehead atoms. The molecular formula is C29H46ClN2O6P. The van der Waals surface area contributed by atoms with Crippen molar-refractivity contribution in [3.63, 3.8) is 0 Å².